The maximum absolute atomic E-state index is 5.93. The van der Waals surface area contributed by atoms with Crippen molar-refractivity contribution in [2.45, 2.75) is 26.2 Å². The average Bonchev–Trinajstić information content (AvgIpc) is 2.81. The molecule has 3 heteroatoms. The first-order chi connectivity index (χ1) is 8.81. The molecule has 2 heterocycles. The first-order valence-electron chi connectivity index (χ1n) is 6.71. The molecule has 0 saturated carbocycles. The molecule has 3 nitrogen and oxygen atoms in total. The average molecular weight is 244 g/mol. The summed E-state index contributed by atoms with van der Waals surface area (Å²) in [6, 6.07) is 2.27. The highest BCUT2D eigenvalue weighted by molar-refractivity contribution is 5.93. The fourth-order valence-electron chi connectivity index (χ4n) is 2.84. The summed E-state index contributed by atoms with van der Waals surface area (Å²) in [4.78, 5) is 3.41. The van der Waals surface area contributed by atoms with Crippen molar-refractivity contribution in [3.05, 3.63) is 29.0 Å². The van der Waals surface area contributed by atoms with Crippen LogP contribution in [-0.2, 0) is 12.8 Å². The number of benzene rings is 1. The number of aromatic nitrogens is 1. The topological polar surface area (TPSA) is 37.0 Å². The molecule has 2 aromatic rings. The van der Waals surface area contributed by atoms with Crippen LogP contribution in [0.1, 0.15) is 23.1 Å². The van der Waals surface area contributed by atoms with Crippen LogP contribution in [0.3, 0.4) is 0 Å². The lowest BCUT2D eigenvalue weighted by molar-refractivity contribution is 0.292. The molecule has 2 N–H and O–H groups in total. The maximum atomic E-state index is 5.93. The lowest BCUT2D eigenvalue weighted by Gasteiger charge is -2.19. The van der Waals surface area contributed by atoms with Crippen LogP contribution in [0.4, 0.5) is 0 Å². The Hall–Kier alpha value is -1.48. The molecule has 0 spiro atoms. The van der Waals surface area contributed by atoms with E-state index >= 15 is 0 Å². The summed E-state index contributed by atoms with van der Waals surface area (Å²) in [5.41, 5.74) is 5.30. The molecule has 0 fully saturated rings. The van der Waals surface area contributed by atoms with Crippen molar-refractivity contribution in [2.75, 3.05) is 20.2 Å². The van der Waals surface area contributed by atoms with Crippen molar-refractivity contribution >= 4 is 10.9 Å². The van der Waals surface area contributed by atoms with E-state index in [1.54, 1.807) is 0 Å². The summed E-state index contributed by atoms with van der Waals surface area (Å²) in [7, 11) is 1.99. The van der Waals surface area contributed by atoms with Gasteiger partial charge in [0, 0.05) is 11.6 Å². The van der Waals surface area contributed by atoms with E-state index in [0.29, 0.717) is 0 Å². The SMILES string of the molecule is CNCCc1c[nH]c2c(C)cc3c(c12)OCCC3. The van der Waals surface area contributed by atoms with Crippen LogP contribution in [0.25, 0.3) is 10.9 Å². The van der Waals surface area contributed by atoms with Gasteiger partial charge in [-0.15, -0.1) is 0 Å². The third kappa shape index (κ3) is 1.79. The van der Waals surface area contributed by atoms with Gasteiger partial charge in [0.1, 0.15) is 5.75 Å². The molecular weight excluding hydrogens is 224 g/mol. The van der Waals surface area contributed by atoms with Crippen LogP contribution >= 0.6 is 0 Å². The Morgan fingerprint density at radius 2 is 2.33 bits per heavy atom. The molecule has 0 amide bonds. The minimum atomic E-state index is 0.849. The van der Waals surface area contributed by atoms with Crippen LogP contribution in [0.15, 0.2) is 12.3 Å². The van der Waals surface area contributed by atoms with E-state index in [9.17, 15) is 0 Å². The van der Waals surface area contributed by atoms with Crippen molar-refractivity contribution in [2.24, 2.45) is 0 Å². The lowest BCUT2D eigenvalue weighted by Crippen LogP contribution is -2.11. The van der Waals surface area contributed by atoms with E-state index in [1.165, 1.54) is 27.6 Å². The highest BCUT2D eigenvalue weighted by Crippen LogP contribution is 2.37. The van der Waals surface area contributed by atoms with Crippen LogP contribution in [0.5, 0.6) is 5.75 Å². The van der Waals surface area contributed by atoms with Crippen molar-refractivity contribution in [1.29, 1.82) is 0 Å². The quantitative estimate of drug-likeness (QED) is 0.870. The molecule has 1 aliphatic heterocycles. The Balaban J connectivity index is 2.17. The van der Waals surface area contributed by atoms with Crippen molar-refractivity contribution in [3.63, 3.8) is 0 Å². The van der Waals surface area contributed by atoms with E-state index < -0.39 is 0 Å². The number of likely N-dealkylation sites (N-methyl/N-ethyl adjacent to an activating group) is 1. The van der Waals surface area contributed by atoms with E-state index in [0.717, 1.165) is 38.2 Å². The third-order valence-corrected chi connectivity index (χ3v) is 3.75. The monoisotopic (exact) mass is 244 g/mol. The molecule has 1 aliphatic rings. The zero-order valence-electron chi connectivity index (χ0n) is 11.1. The first kappa shape index (κ1) is 11.6. The summed E-state index contributed by atoms with van der Waals surface area (Å²) in [5, 5.41) is 4.52. The number of hydrogen-bond donors (Lipinski definition) is 2. The van der Waals surface area contributed by atoms with Crippen LogP contribution in [0.2, 0.25) is 0 Å². The van der Waals surface area contributed by atoms with Gasteiger partial charge in [-0.2, -0.15) is 0 Å². The summed E-state index contributed by atoms with van der Waals surface area (Å²) in [5.74, 6) is 1.12. The second-order valence-corrected chi connectivity index (χ2v) is 5.05. The summed E-state index contributed by atoms with van der Waals surface area (Å²) in [6.45, 7) is 4.02. The Kier molecular flexibility index (Phi) is 3.00. The van der Waals surface area contributed by atoms with Gasteiger partial charge in [0.05, 0.1) is 12.1 Å². The van der Waals surface area contributed by atoms with E-state index in [4.69, 9.17) is 4.74 Å². The van der Waals surface area contributed by atoms with E-state index in [2.05, 4.69) is 29.5 Å². The number of rotatable bonds is 3. The molecule has 0 radical (unpaired) electrons. The summed E-state index contributed by atoms with van der Waals surface area (Å²) in [6.07, 6.45) is 5.44. The molecular formula is C15H20N2O. The number of H-pyrrole nitrogens is 1. The van der Waals surface area contributed by atoms with Crippen LogP contribution < -0.4 is 10.1 Å². The Morgan fingerprint density at radius 3 is 3.17 bits per heavy atom. The smallest absolute Gasteiger partial charge is 0.132 e. The maximum Gasteiger partial charge on any atom is 0.132 e. The minimum Gasteiger partial charge on any atom is -0.493 e. The third-order valence-electron chi connectivity index (χ3n) is 3.75. The van der Waals surface area contributed by atoms with Crippen LogP contribution in [0, 0.1) is 6.92 Å². The van der Waals surface area contributed by atoms with Gasteiger partial charge in [0.25, 0.3) is 0 Å². The predicted octanol–water partition coefficient (Wildman–Crippen LogP) is 2.56. The number of aryl methyl sites for hydroxylation is 2. The molecule has 1 aromatic heterocycles. The second kappa shape index (κ2) is 4.65. The van der Waals surface area contributed by atoms with Gasteiger partial charge in [0.15, 0.2) is 0 Å². The van der Waals surface area contributed by atoms with Gasteiger partial charge in [-0.25, -0.2) is 0 Å². The molecule has 0 aliphatic carbocycles. The highest BCUT2D eigenvalue weighted by atomic mass is 16.5. The van der Waals surface area contributed by atoms with Crippen molar-refractivity contribution in [1.82, 2.24) is 10.3 Å². The molecule has 3 rings (SSSR count). The number of hydrogen-bond acceptors (Lipinski definition) is 2. The van der Waals surface area contributed by atoms with Gasteiger partial charge in [-0.1, -0.05) is 6.07 Å². The second-order valence-electron chi connectivity index (χ2n) is 5.05. The van der Waals surface area contributed by atoms with Gasteiger partial charge >= 0.3 is 0 Å². The first-order valence-corrected chi connectivity index (χ1v) is 6.71. The van der Waals surface area contributed by atoms with E-state index in [-0.39, 0.29) is 0 Å². The van der Waals surface area contributed by atoms with Crippen molar-refractivity contribution < 1.29 is 4.74 Å². The predicted molar refractivity (Wildman–Crippen MR) is 74.5 cm³/mol. The number of nitrogens with one attached hydrogen (secondary N) is 2. The van der Waals surface area contributed by atoms with Gasteiger partial charge in [0.2, 0.25) is 0 Å². The molecule has 0 atom stereocenters. The zero-order chi connectivity index (χ0) is 12.5. The molecule has 18 heavy (non-hydrogen) atoms. The van der Waals surface area contributed by atoms with E-state index in [1.807, 2.05) is 7.05 Å². The van der Waals surface area contributed by atoms with Gasteiger partial charge < -0.3 is 15.0 Å². The molecule has 0 unspecified atom stereocenters. The Bertz CT molecular complexity index is 571. The van der Waals surface area contributed by atoms with Crippen LogP contribution in [-0.4, -0.2) is 25.2 Å². The molecule has 0 saturated heterocycles. The normalized spacial score (nSPS) is 14.6. The number of aromatic amines is 1. The minimum absolute atomic E-state index is 0.849. The fourth-order valence-corrected chi connectivity index (χ4v) is 2.84. The molecule has 1 aromatic carbocycles. The largest absolute Gasteiger partial charge is 0.493 e. The summed E-state index contributed by atoms with van der Waals surface area (Å²) >= 11 is 0. The van der Waals surface area contributed by atoms with Crippen molar-refractivity contribution in [3.8, 4) is 5.75 Å². The van der Waals surface area contributed by atoms with Gasteiger partial charge in [-0.05, 0) is 56.5 Å². The Morgan fingerprint density at radius 1 is 1.44 bits per heavy atom. The highest BCUT2D eigenvalue weighted by Gasteiger charge is 2.18. The summed E-state index contributed by atoms with van der Waals surface area (Å²) < 4.78 is 5.93. The Labute approximate surface area is 108 Å². The van der Waals surface area contributed by atoms with Gasteiger partial charge in [-0.3, -0.25) is 0 Å². The molecule has 0 bridgehead atoms. The lowest BCUT2D eigenvalue weighted by atomic mass is 9.98. The number of ether oxygens (including phenoxy) is 1. The number of fused-ring (bicyclic) bond motifs is 3. The fraction of sp³-hybridized carbons (Fsp3) is 0.467. The molecule has 96 valence electrons. The standard InChI is InChI=1S/C15H20N2O/c1-10-8-11-4-3-7-18-15(11)13-12(5-6-16-2)9-17-14(10)13/h8-9,16-17H,3-7H2,1-2H3. The zero-order valence-corrected chi connectivity index (χ0v) is 11.1.